The summed E-state index contributed by atoms with van der Waals surface area (Å²) in [6, 6.07) is 12.2. The monoisotopic (exact) mass is 888 g/mol. The van der Waals surface area contributed by atoms with Crippen LogP contribution in [0.25, 0.3) is 0 Å². The van der Waals surface area contributed by atoms with Crippen LogP contribution in [0, 0.1) is 11.3 Å². The molecule has 2 amide bonds. The highest BCUT2D eigenvalue weighted by Gasteiger charge is 2.56. The highest BCUT2D eigenvalue weighted by atomic mass is 127. The molecule has 2 fully saturated rings. The molecule has 0 saturated carbocycles. The molecule has 2 aliphatic rings. The van der Waals surface area contributed by atoms with Crippen LogP contribution in [0.1, 0.15) is 96.8 Å². The van der Waals surface area contributed by atoms with E-state index in [4.69, 9.17) is 4.74 Å². The van der Waals surface area contributed by atoms with Crippen molar-refractivity contribution in [3.63, 3.8) is 0 Å². The first kappa shape index (κ1) is 41.8. The third-order valence-corrected chi connectivity index (χ3v) is 11.9. The highest BCUT2D eigenvalue weighted by Crippen LogP contribution is 2.45. The Labute approximate surface area is 328 Å². The lowest BCUT2D eigenvalue weighted by Crippen LogP contribution is -2.68. The number of aromatic nitrogens is 1. The number of aryl methyl sites for hydroxylation is 1. The SMILES string of the molecule is CCCC1N(C(=O)c2ncccc2C(F)(F)I)CCC[C@@]1(Oc1csc(C(F)(F)F)c1)C(=O)N1CCC(C#N)(c2ccccc2CCCCC(O)O)CC1. The zero-order valence-corrected chi connectivity index (χ0v) is 32.6. The molecule has 5 rings (SSSR count). The molecule has 2 aromatic heterocycles. The lowest BCUT2D eigenvalue weighted by Gasteiger charge is -2.51. The maximum Gasteiger partial charge on any atom is 0.425 e. The molecule has 292 valence electrons. The Morgan fingerprint density at radius 3 is 2.44 bits per heavy atom. The number of aliphatic hydroxyl groups excluding tert-OH is 1. The van der Waals surface area contributed by atoms with E-state index in [1.807, 2.05) is 31.2 Å². The average Bonchev–Trinajstić information content (AvgIpc) is 3.63. The van der Waals surface area contributed by atoms with E-state index in [1.54, 1.807) is 4.90 Å². The Bertz CT molecular complexity index is 1820. The number of carbonyl (C=O) groups is 2. The summed E-state index contributed by atoms with van der Waals surface area (Å²) in [4.78, 5) is 35.2. The average molecular weight is 889 g/mol. The van der Waals surface area contributed by atoms with E-state index in [9.17, 15) is 42.2 Å². The Balaban J connectivity index is 1.50. The van der Waals surface area contributed by atoms with Gasteiger partial charge in [0.05, 0.1) is 23.1 Å². The van der Waals surface area contributed by atoms with Crippen molar-refractivity contribution >= 4 is 45.7 Å². The van der Waals surface area contributed by atoms with Crippen molar-refractivity contribution < 1.29 is 46.5 Å². The summed E-state index contributed by atoms with van der Waals surface area (Å²) in [5.41, 5.74) is -2.15. The number of nitriles is 1. The molecule has 1 unspecified atom stereocenters. The normalized spacial score (nSPS) is 20.5. The zero-order valence-electron chi connectivity index (χ0n) is 29.6. The molecule has 2 atom stereocenters. The molecule has 16 heteroatoms. The molecule has 1 aromatic carbocycles. The van der Waals surface area contributed by atoms with Gasteiger partial charge in [0.1, 0.15) is 16.3 Å². The second-order valence-corrected chi connectivity index (χ2v) is 16.1. The van der Waals surface area contributed by atoms with E-state index in [0.29, 0.717) is 37.0 Å². The standard InChI is InChI=1S/C38H42F5IN4O5S/c1-2-9-29-36(53-26-22-30(54-23-26)37(39,40)41,15-8-19-48(29)33(51)32-28(38(42,43)44)13-7-18-46-32)34(52)47-20-16-35(24-45,17-21-47)27-12-5-3-10-25(27)11-4-6-14-31(49)50/h3,5,7,10,12-13,18,22-23,29,31,49-50H,2,4,6,8-9,11,14-17,19-21H2,1H3/t29?,36-/m0/s1. The first-order valence-corrected chi connectivity index (χ1v) is 19.8. The summed E-state index contributed by atoms with van der Waals surface area (Å²) >= 11 is 1.34. The van der Waals surface area contributed by atoms with Crippen LogP contribution in [0.5, 0.6) is 5.75 Å². The number of unbranched alkanes of at least 4 members (excludes halogenated alkanes) is 1. The lowest BCUT2D eigenvalue weighted by atomic mass is 9.71. The summed E-state index contributed by atoms with van der Waals surface area (Å²) in [5.74, 6) is -1.59. The number of halogens is 6. The summed E-state index contributed by atoms with van der Waals surface area (Å²) in [6.07, 6.45) is -1.43. The van der Waals surface area contributed by atoms with Gasteiger partial charge in [-0.25, -0.2) is 0 Å². The fraction of sp³-hybridized carbons (Fsp3) is 0.526. The van der Waals surface area contributed by atoms with Crippen molar-refractivity contribution in [1.82, 2.24) is 14.8 Å². The minimum Gasteiger partial charge on any atom is -0.474 e. The van der Waals surface area contributed by atoms with Crippen LogP contribution in [-0.2, 0) is 26.7 Å². The zero-order chi connectivity index (χ0) is 39.3. The smallest absolute Gasteiger partial charge is 0.425 e. The van der Waals surface area contributed by atoms with Crippen LogP contribution < -0.4 is 4.74 Å². The van der Waals surface area contributed by atoms with Crippen molar-refractivity contribution in [2.75, 3.05) is 19.6 Å². The first-order chi connectivity index (χ1) is 25.6. The van der Waals surface area contributed by atoms with Gasteiger partial charge in [-0.2, -0.15) is 27.2 Å². The molecular formula is C38H42F5IN4O5S. The highest BCUT2D eigenvalue weighted by molar-refractivity contribution is 14.1. The fourth-order valence-corrected chi connectivity index (χ4v) is 8.84. The van der Waals surface area contributed by atoms with Crippen molar-refractivity contribution in [2.24, 2.45) is 0 Å². The molecule has 54 heavy (non-hydrogen) atoms. The summed E-state index contributed by atoms with van der Waals surface area (Å²) < 4.78 is 73.5. The summed E-state index contributed by atoms with van der Waals surface area (Å²) in [7, 11) is 0. The second-order valence-electron chi connectivity index (χ2n) is 13.8. The van der Waals surface area contributed by atoms with Crippen LogP contribution in [0.3, 0.4) is 0 Å². The predicted molar refractivity (Wildman–Crippen MR) is 199 cm³/mol. The molecule has 2 N–H and O–H groups in total. The number of nitrogens with zero attached hydrogens (tertiary/aromatic N) is 4. The molecule has 0 spiro atoms. The Morgan fingerprint density at radius 2 is 1.81 bits per heavy atom. The molecule has 0 bridgehead atoms. The van der Waals surface area contributed by atoms with E-state index < -0.39 is 61.4 Å². The van der Waals surface area contributed by atoms with Gasteiger partial charge in [-0.05, 0) is 74.6 Å². The van der Waals surface area contributed by atoms with Crippen molar-refractivity contribution in [1.29, 1.82) is 5.26 Å². The van der Waals surface area contributed by atoms with E-state index in [-0.39, 0.29) is 63.9 Å². The second kappa shape index (κ2) is 17.2. The molecule has 3 aromatic rings. The van der Waals surface area contributed by atoms with Crippen LogP contribution >= 0.6 is 33.9 Å². The van der Waals surface area contributed by atoms with Gasteiger partial charge < -0.3 is 24.7 Å². The molecule has 2 saturated heterocycles. The summed E-state index contributed by atoms with van der Waals surface area (Å²) in [5, 5.41) is 30.3. The maximum absolute atomic E-state index is 15.0. The molecule has 0 radical (unpaired) electrons. The van der Waals surface area contributed by atoms with Crippen LogP contribution in [0.2, 0.25) is 0 Å². The van der Waals surface area contributed by atoms with E-state index in [2.05, 4.69) is 11.1 Å². The Kier molecular flexibility index (Phi) is 13.3. The third kappa shape index (κ3) is 9.00. The molecule has 0 aliphatic carbocycles. The lowest BCUT2D eigenvalue weighted by molar-refractivity contribution is -0.160. The number of rotatable bonds is 13. The number of alkyl halides is 6. The number of ether oxygens (including phenoxy) is 1. The topological polar surface area (TPSA) is 127 Å². The largest absolute Gasteiger partial charge is 0.474 e. The minimum atomic E-state index is -4.66. The van der Waals surface area contributed by atoms with Crippen LogP contribution in [0.4, 0.5) is 22.0 Å². The predicted octanol–water partition coefficient (Wildman–Crippen LogP) is 7.98. The quantitative estimate of drug-likeness (QED) is 0.0587. The minimum absolute atomic E-state index is 0.0419. The van der Waals surface area contributed by atoms with Gasteiger partial charge in [-0.3, -0.25) is 14.6 Å². The van der Waals surface area contributed by atoms with Crippen molar-refractivity contribution in [2.45, 2.75) is 105 Å². The number of hydrogen-bond acceptors (Lipinski definition) is 8. The van der Waals surface area contributed by atoms with Gasteiger partial charge in [0.2, 0.25) is 5.60 Å². The Hall–Kier alpha value is -3.40. The number of hydrogen-bond donors (Lipinski definition) is 2. The van der Waals surface area contributed by atoms with Gasteiger partial charge in [0, 0.05) is 66.3 Å². The molecule has 9 nitrogen and oxygen atoms in total. The molecule has 4 heterocycles. The van der Waals surface area contributed by atoms with Gasteiger partial charge in [0.15, 0.2) is 6.29 Å². The number of aliphatic hydroxyl groups is 2. The number of likely N-dealkylation sites (tertiary alicyclic amines) is 2. The molecule has 2 aliphatic heterocycles. The number of carbonyl (C=O) groups excluding carboxylic acids is 2. The number of amides is 2. The van der Waals surface area contributed by atoms with Crippen LogP contribution in [-0.4, -0.2) is 74.4 Å². The number of thiophene rings is 1. The maximum atomic E-state index is 15.0. The molecular weight excluding hydrogens is 846 g/mol. The Morgan fingerprint density at radius 1 is 1.09 bits per heavy atom. The van der Waals surface area contributed by atoms with Gasteiger partial charge >= 0.3 is 10.1 Å². The van der Waals surface area contributed by atoms with E-state index >= 15 is 4.79 Å². The van der Waals surface area contributed by atoms with Gasteiger partial charge in [0.25, 0.3) is 11.8 Å². The van der Waals surface area contributed by atoms with Gasteiger partial charge in [-0.15, -0.1) is 11.3 Å². The van der Waals surface area contributed by atoms with Gasteiger partial charge in [-0.1, -0.05) is 37.6 Å². The number of pyridine rings is 1. The third-order valence-electron chi connectivity index (χ3n) is 10.3. The van der Waals surface area contributed by atoms with Crippen molar-refractivity contribution in [3.05, 3.63) is 81.3 Å². The number of benzene rings is 1. The van der Waals surface area contributed by atoms with E-state index in [0.717, 1.165) is 45.9 Å². The van der Waals surface area contributed by atoms with Crippen molar-refractivity contribution in [3.8, 4) is 11.8 Å². The van der Waals surface area contributed by atoms with Crippen LogP contribution in [0.15, 0.2) is 54.0 Å². The fourth-order valence-electron chi connectivity index (χ4n) is 7.72. The summed E-state index contributed by atoms with van der Waals surface area (Å²) in [6.45, 7) is 2.11. The number of piperidine rings is 2. The first-order valence-electron chi connectivity index (χ1n) is 17.9. The van der Waals surface area contributed by atoms with E-state index in [1.165, 1.54) is 22.5 Å².